The third kappa shape index (κ3) is 2.13. The average Bonchev–Trinajstić information content (AvgIpc) is 3.13. The fourth-order valence-corrected chi connectivity index (χ4v) is 4.67. The van der Waals surface area contributed by atoms with Crippen LogP contribution in [0.5, 0.6) is 0 Å². The monoisotopic (exact) mass is 311 g/mol. The summed E-state index contributed by atoms with van der Waals surface area (Å²) in [5, 5.41) is 0. The number of carbonyl (C=O) groups is 1. The molecule has 2 heterocycles. The molecule has 1 fully saturated rings. The number of hydrogen-bond acceptors (Lipinski definition) is 2. The minimum Gasteiger partial charge on any atom is -0.463 e. The summed E-state index contributed by atoms with van der Waals surface area (Å²) in [5.74, 6) is 1.69. The van der Waals surface area contributed by atoms with Gasteiger partial charge in [0.1, 0.15) is 0 Å². The van der Waals surface area contributed by atoms with Crippen molar-refractivity contribution < 1.29 is 9.21 Å². The van der Waals surface area contributed by atoms with E-state index in [9.17, 15) is 4.79 Å². The Kier molecular flexibility index (Phi) is 3.47. The van der Waals surface area contributed by atoms with Crippen LogP contribution >= 0.6 is 0 Å². The number of carbonyl (C=O) groups excluding carboxylic acids is 1. The molecule has 1 aromatic heterocycles. The van der Waals surface area contributed by atoms with Crippen LogP contribution in [0.1, 0.15) is 58.1 Å². The SMILES string of the molecule is CCCN1C(=O)[C@]2(C)C[C@H]3CCCCC3=CC2=C1c1ccco1. The first-order valence-electron chi connectivity index (χ1n) is 8.96. The van der Waals surface area contributed by atoms with Crippen molar-refractivity contribution in [2.24, 2.45) is 11.3 Å². The van der Waals surface area contributed by atoms with E-state index in [1.807, 2.05) is 17.0 Å². The highest BCUT2D eigenvalue weighted by molar-refractivity contribution is 6.01. The Labute approximate surface area is 138 Å². The lowest BCUT2D eigenvalue weighted by Gasteiger charge is -2.38. The predicted molar refractivity (Wildman–Crippen MR) is 90.4 cm³/mol. The molecule has 0 aromatic carbocycles. The topological polar surface area (TPSA) is 33.5 Å². The summed E-state index contributed by atoms with van der Waals surface area (Å²) in [6, 6.07) is 3.89. The lowest BCUT2D eigenvalue weighted by molar-refractivity contribution is -0.134. The summed E-state index contributed by atoms with van der Waals surface area (Å²) >= 11 is 0. The van der Waals surface area contributed by atoms with Gasteiger partial charge in [0.2, 0.25) is 5.91 Å². The van der Waals surface area contributed by atoms with E-state index in [2.05, 4.69) is 19.9 Å². The summed E-state index contributed by atoms with van der Waals surface area (Å²) in [6.45, 7) is 5.03. The smallest absolute Gasteiger partial charge is 0.237 e. The molecule has 1 aliphatic heterocycles. The van der Waals surface area contributed by atoms with Crippen LogP contribution in [0.2, 0.25) is 0 Å². The highest BCUT2D eigenvalue weighted by Gasteiger charge is 2.52. The molecular weight excluding hydrogens is 286 g/mol. The number of nitrogens with zero attached hydrogens (tertiary/aromatic N) is 1. The average molecular weight is 311 g/mol. The minimum atomic E-state index is -0.372. The molecule has 0 unspecified atom stereocenters. The van der Waals surface area contributed by atoms with Crippen LogP contribution in [0.15, 0.2) is 40.0 Å². The third-order valence-corrected chi connectivity index (χ3v) is 5.82. The minimum absolute atomic E-state index is 0.265. The molecule has 23 heavy (non-hydrogen) atoms. The quantitative estimate of drug-likeness (QED) is 0.805. The third-order valence-electron chi connectivity index (χ3n) is 5.82. The first-order valence-corrected chi connectivity index (χ1v) is 8.96. The maximum atomic E-state index is 13.2. The molecule has 0 N–H and O–H groups in total. The van der Waals surface area contributed by atoms with E-state index in [1.165, 1.54) is 31.3 Å². The van der Waals surface area contributed by atoms with Crippen molar-refractivity contribution in [3.63, 3.8) is 0 Å². The molecular formula is C20H25NO2. The van der Waals surface area contributed by atoms with Crippen LogP contribution in [0.4, 0.5) is 0 Å². The van der Waals surface area contributed by atoms with Crippen molar-refractivity contribution in [1.82, 2.24) is 4.90 Å². The van der Waals surface area contributed by atoms with Gasteiger partial charge in [0.05, 0.1) is 17.4 Å². The van der Waals surface area contributed by atoms with E-state index >= 15 is 0 Å². The predicted octanol–water partition coefficient (Wildman–Crippen LogP) is 4.77. The van der Waals surface area contributed by atoms with Crippen molar-refractivity contribution in [3.05, 3.63) is 41.4 Å². The Hall–Kier alpha value is -1.77. The van der Waals surface area contributed by atoms with Gasteiger partial charge < -0.3 is 9.32 Å². The number of allylic oxidation sites excluding steroid dienone is 2. The molecule has 1 saturated carbocycles. The molecule has 0 radical (unpaired) electrons. The Morgan fingerprint density at radius 2 is 2.26 bits per heavy atom. The molecule has 3 aliphatic rings. The van der Waals surface area contributed by atoms with Gasteiger partial charge in [-0.25, -0.2) is 0 Å². The zero-order valence-corrected chi connectivity index (χ0v) is 14.1. The lowest BCUT2D eigenvalue weighted by atomic mass is 9.65. The van der Waals surface area contributed by atoms with Gasteiger partial charge in [0, 0.05) is 6.54 Å². The molecule has 1 aromatic rings. The van der Waals surface area contributed by atoms with Crippen LogP contribution in [0, 0.1) is 11.3 Å². The van der Waals surface area contributed by atoms with E-state index < -0.39 is 0 Å². The van der Waals surface area contributed by atoms with Gasteiger partial charge in [-0.3, -0.25) is 4.79 Å². The van der Waals surface area contributed by atoms with Gasteiger partial charge >= 0.3 is 0 Å². The second-order valence-corrected chi connectivity index (χ2v) is 7.39. The van der Waals surface area contributed by atoms with Crippen molar-refractivity contribution >= 4 is 11.6 Å². The molecule has 1 amide bonds. The van der Waals surface area contributed by atoms with Crippen LogP contribution < -0.4 is 0 Å². The van der Waals surface area contributed by atoms with E-state index in [4.69, 9.17) is 4.42 Å². The largest absolute Gasteiger partial charge is 0.463 e. The Morgan fingerprint density at radius 1 is 1.39 bits per heavy atom. The molecule has 2 aliphatic carbocycles. The van der Waals surface area contributed by atoms with Gasteiger partial charge in [-0.2, -0.15) is 0 Å². The van der Waals surface area contributed by atoms with E-state index in [0.717, 1.165) is 30.8 Å². The maximum absolute atomic E-state index is 13.2. The zero-order chi connectivity index (χ0) is 16.0. The van der Waals surface area contributed by atoms with Crippen molar-refractivity contribution in [3.8, 4) is 0 Å². The van der Waals surface area contributed by atoms with E-state index in [0.29, 0.717) is 5.92 Å². The fourth-order valence-electron chi connectivity index (χ4n) is 4.67. The lowest BCUT2D eigenvalue weighted by Crippen LogP contribution is -2.38. The van der Waals surface area contributed by atoms with Crippen LogP contribution in [0.3, 0.4) is 0 Å². The molecule has 0 saturated heterocycles. The van der Waals surface area contributed by atoms with Crippen LogP contribution in [-0.2, 0) is 4.79 Å². The molecule has 122 valence electrons. The fraction of sp³-hybridized carbons (Fsp3) is 0.550. The van der Waals surface area contributed by atoms with Crippen molar-refractivity contribution in [1.29, 1.82) is 0 Å². The van der Waals surface area contributed by atoms with Gasteiger partial charge in [-0.05, 0) is 62.7 Å². The first-order chi connectivity index (χ1) is 11.1. The Balaban J connectivity index is 1.88. The molecule has 4 rings (SSSR count). The number of fused-ring (bicyclic) bond motifs is 2. The molecule has 3 heteroatoms. The van der Waals surface area contributed by atoms with Gasteiger partial charge in [-0.1, -0.05) is 25.0 Å². The summed E-state index contributed by atoms with van der Waals surface area (Å²) in [6.07, 6.45) is 11.0. The highest BCUT2D eigenvalue weighted by atomic mass is 16.3. The van der Waals surface area contributed by atoms with Gasteiger partial charge in [-0.15, -0.1) is 0 Å². The normalized spacial score (nSPS) is 30.3. The number of amides is 1. The maximum Gasteiger partial charge on any atom is 0.237 e. The molecule has 3 nitrogen and oxygen atoms in total. The van der Waals surface area contributed by atoms with Gasteiger partial charge in [0.15, 0.2) is 5.76 Å². The molecule has 0 spiro atoms. The second kappa shape index (κ2) is 5.40. The van der Waals surface area contributed by atoms with E-state index in [1.54, 1.807) is 11.8 Å². The first kappa shape index (κ1) is 14.8. The van der Waals surface area contributed by atoms with Crippen molar-refractivity contribution in [2.75, 3.05) is 6.54 Å². The van der Waals surface area contributed by atoms with Gasteiger partial charge in [0.25, 0.3) is 0 Å². The van der Waals surface area contributed by atoms with Crippen molar-refractivity contribution in [2.45, 2.75) is 52.4 Å². The zero-order valence-electron chi connectivity index (χ0n) is 14.1. The molecule has 0 bridgehead atoms. The summed E-state index contributed by atoms with van der Waals surface area (Å²) < 4.78 is 5.69. The number of furan rings is 1. The summed E-state index contributed by atoms with van der Waals surface area (Å²) in [4.78, 5) is 15.2. The van der Waals surface area contributed by atoms with E-state index in [-0.39, 0.29) is 11.3 Å². The van der Waals surface area contributed by atoms with Crippen LogP contribution in [0.25, 0.3) is 5.70 Å². The second-order valence-electron chi connectivity index (χ2n) is 7.39. The highest BCUT2D eigenvalue weighted by Crippen LogP contribution is 2.54. The number of hydrogen-bond donors (Lipinski definition) is 0. The summed E-state index contributed by atoms with van der Waals surface area (Å²) in [7, 11) is 0. The summed E-state index contributed by atoms with van der Waals surface area (Å²) in [5.41, 5.74) is 3.39. The standard InChI is InChI=1S/C20H25NO2/c1-3-10-21-18(17-9-6-11-23-17)16-12-14-7-4-5-8-15(14)13-20(16,2)19(21)22/h6,9,11-12,15H,3-5,7-8,10,13H2,1-2H3/t15-,20-/m1/s1. The Bertz CT molecular complexity index is 683. The molecule has 2 atom stereocenters. The Morgan fingerprint density at radius 3 is 3.00 bits per heavy atom. The number of rotatable bonds is 3. The van der Waals surface area contributed by atoms with Crippen LogP contribution in [-0.4, -0.2) is 17.4 Å².